The second kappa shape index (κ2) is 5.42. The molecule has 0 saturated carbocycles. The Kier molecular flexibility index (Phi) is 4.19. The molecule has 0 spiro atoms. The van der Waals surface area contributed by atoms with Crippen molar-refractivity contribution < 1.29 is 19.5 Å². The van der Waals surface area contributed by atoms with Gasteiger partial charge in [-0.05, 0) is 12.0 Å². The summed E-state index contributed by atoms with van der Waals surface area (Å²) in [6, 6.07) is 8.40. The molecule has 17 heavy (non-hydrogen) atoms. The summed E-state index contributed by atoms with van der Waals surface area (Å²) < 4.78 is 0. The first-order valence-corrected chi connectivity index (χ1v) is 4.98. The van der Waals surface area contributed by atoms with Crippen LogP contribution in [0, 0.1) is 0 Å². The smallest absolute Gasteiger partial charge is 0.349 e. The van der Waals surface area contributed by atoms with Gasteiger partial charge in [-0.25, -0.2) is 4.79 Å². The Hall–Kier alpha value is -1.92. The fraction of sp³-hybridized carbons (Fsp3) is 0.273. The monoisotopic (exact) mass is 238 g/mol. The van der Waals surface area contributed by atoms with Gasteiger partial charge in [0.25, 0.3) is 0 Å². The molecule has 0 amide bonds. The van der Waals surface area contributed by atoms with Crippen LogP contribution in [0.25, 0.3) is 0 Å². The van der Waals surface area contributed by atoms with Crippen molar-refractivity contribution in [2.75, 3.05) is 0 Å². The van der Waals surface area contributed by atoms with Crippen LogP contribution in [0.15, 0.2) is 30.3 Å². The lowest BCUT2D eigenvalue weighted by atomic mass is 9.86. The lowest BCUT2D eigenvalue weighted by Gasteiger charge is -2.25. The van der Waals surface area contributed by atoms with Crippen molar-refractivity contribution in [3.8, 4) is 0 Å². The first kappa shape index (κ1) is 13.1. The van der Waals surface area contributed by atoms with Crippen molar-refractivity contribution in [1.29, 1.82) is 0 Å². The molecule has 0 aliphatic rings. The number of carboxylic acid groups (broad SMARTS) is 1. The van der Waals surface area contributed by atoms with Crippen LogP contribution in [-0.4, -0.2) is 17.0 Å². The molecular weight excluding hydrogens is 224 g/mol. The van der Waals surface area contributed by atoms with Gasteiger partial charge < -0.3 is 15.7 Å². The quantitative estimate of drug-likeness (QED) is 0.627. The lowest BCUT2D eigenvalue weighted by Crippen LogP contribution is -2.47. The fourth-order valence-electron chi connectivity index (χ4n) is 1.51. The second-order valence-electron chi connectivity index (χ2n) is 3.64. The van der Waals surface area contributed by atoms with Crippen LogP contribution in [0.2, 0.25) is 0 Å². The van der Waals surface area contributed by atoms with Crippen molar-refractivity contribution in [2.24, 2.45) is 11.6 Å². The number of hydrogen-bond donors (Lipinski definition) is 3. The SMILES string of the molecule is NOC(=O)C(N)(CCC(=O)O)c1ccccc1. The standard InChI is InChI=1S/C11H14N2O4/c12-11(10(16)17-13,7-6-9(14)15)8-4-2-1-3-5-8/h1-5H,6-7,12-13H2,(H,14,15). The molecule has 1 unspecified atom stereocenters. The van der Waals surface area contributed by atoms with Gasteiger partial charge in [0.05, 0.1) is 0 Å². The summed E-state index contributed by atoms with van der Waals surface area (Å²) in [6.45, 7) is 0. The van der Waals surface area contributed by atoms with Gasteiger partial charge in [0.1, 0.15) is 5.54 Å². The Balaban J connectivity index is 3.02. The molecule has 5 N–H and O–H groups in total. The van der Waals surface area contributed by atoms with Gasteiger partial charge in [-0.2, -0.15) is 5.90 Å². The normalized spacial score (nSPS) is 13.8. The van der Waals surface area contributed by atoms with Gasteiger partial charge in [-0.15, -0.1) is 0 Å². The Labute approximate surface area is 98.1 Å². The molecular formula is C11H14N2O4. The van der Waals surface area contributed by atoms with E-state index < -0.39 is 17.5 Å². The first-order chi connectivity index (χ1) is 8.00. The minimum absolute atomic E-state index is 0.0810. The van der Waals surface area contributed by atoms with Crippen molar-refractivity contribution in [3.05, 3.63) is 35.9 Å². The minimum Gasteiger partial charge on any atom is -0.481 e. The van der Waals surface area contributed by atoms with Gasteiger partial charge >= 0.3 is 11.9 Å². The zero-order valence-electron chi connectivity index (χ0n) is 9.13. The summed E-state index contributed by atoms with van der Waals surface area (Å²) in [4.78, 5) is 26.3. The summed E-state index contributed by atoms with van der Waals surface area (Å²) in [6.07, 6.45) is -0.330. The largest absolute Gasteiger partial charge is 0.481 e. The third kappa shape index (κ3) is 3.02. The van der Waals surface area contributed by atoms with E-state index in [2.05, 4.69) is 4.84 Å². The number of carboxylic acids is 1. The molecule has 0 bridgehead atoms. The maximum absolute atomic E-state index is 11.6. The molecule has 0 radical (unpaired) electrons. The number of hydrogen-bond acceptors (Lipinski definition) is 5. The summed E-state index contributed by atoms with van der Waals surface area (Å²) in [5, 5.41) is 8.64. The van der Waals surface area contributed by atoms with E-state index in [1.165, 1.54) is 0 Å². The van der Waals surface area contributed by atoms with E-state index in [1.807, 2.05) is 0 Å². The lowest BCUT2D eigenvalue weighted by molar-refractivity contribution is -0.152. The van der Waals surface area contributed by atoms with Gasteiger partial charge in [-0.1, -0.05) is 30.3 Å². The topological polar surface area (TPSA) is 116 Å². The third-order valence-electron chi connectivity index (χ3n) is 2.49. The number of rotatable bonds is 5. The highest BCUT2D eigenvalue weighted by Gasteiger charge is 2.37. The number of carbonyl (C=O) groups is 2. The van der Waals surface area contributed by atoms with Crippen LogP contribution >= 0.6 is 0 Å². The van der Waals surface area contributed by atoms with E-state index in [0.717, 1.165) is 0 Å². The van der Waals surface area contributed by atoms with Crippen LogP contribution in [-0.2, 0) is 20.0 Å². The van der Waals surface area contributed by atoms with E-state index in [4.69, 9.17) is 16.7 Å². The van der Waals surface area contributed by atoms with Crippen molar-refractivity contribution >= 4 is 11.9 Å². The maximum Gasteiger partial charge on any atom is 0.349 e. The Bertz CT molecular complexity index is 407. The fourth-order valence-corrected chi connectivity index (χ4v) is 1.51. The molecule has 6 nitrogen and oxygen atoms in total. The highest BCUT2D eigenvalue weighted by molar-refractivity contribution is 5.83. The molecule has 0 aromatic heterocycles. The highest BCUT2D eigenvalue weighted by atomic mass is 16.7. The summed E-state index contributed by atoms with van der Waals surface area (Å²) in [7, 11) is 0. The molecule has 1 aromatic carbocycles. The van der Waals surface area contributed by atoms with Crippen LogP contribution in [0.3, 0.4) is 0 Å². The predicted octanol–water partition coefficient (Wildman–Crippen LogP) is 0.122. The third-order valence-corrected chi connectivity index (χ3v) is 2.49. The highest BCUT2D eigenvalue weighted by Crippen LogP contribution is 2.24. The van der Waals surface area contributed by atoms with Gasteiger partial charge in [0.2, 0.25) is 0 Å². The van der Waals surface area contributed by atoms with Gasteiger partial charge in [0.15, 0.2) is 0 Å². The Morgan fingerprint density at radius 1 is 1.29 bits per heavy atom. The molecule has 0 saturated heterocycles. The van der Waals surface area contributed by atoms with E-state index >= 15 is 0 Å². The van der Waals surface area contributed by atoms with Crippen LogP contribution in [0.1, 0.15) is 18.4 Å². The maximum atomic E-state index is 11.6. The predicted molar refractivity (Wildman–Crippen MR) is 59.5 cm³/mol. The average molecular weight is 238 g/mol. The van der Waals surface area contributed by atoms with E-state index in [0.29, 0.717) is 5.56 Å². The number of aliphatic carboxylic acids is 1. The molecule has 1 atom stereocenters. The molecule has 0 aliphatic carbocycles. The molecule has 0 heterocycles. The number of benzene rings is 1. The van der Waals surface area contributed by atoms with Crippen molar-refractivity contribution in [3.63, 3.8) is 0 Å². The van der Waals surface area contributed by atoms with Crippen LogP contribution in [0.4, 0.5) is 0 Å². The first-order valence-electron chi connectivity index (χ1n) is 4.98. The zero-order valence-corrected chi connectivity index (χ0v) is 9.13. The van der Waals surface area contributed by atoms with Crippen LogP contribution in [0.5, 0.6) is 0 Å². The van der Waals surface area contributed by atoms with E-state index in [-0.39, 0.29) is 12.8 Å². The van der Waals surface area contributed by atoms with E-state index in [1.54, 1.807) is 30.3 Å². The molecule has 6 heteroatoms. The minimum atomic E-state index is -1.53. The van der Waals surface area contributed by atoms with Crippen molar-refractivity contribution in [1.82, 2.24) is 0 Å². The van der Waals surface area contributed by atoms with Gasteiger partial charge in [0, 0.05) is 6.42 Å². The number of nitrogens with two attached hydrogens (primary N) is 2. The molecule has 1 aromatic rings. The molecule has 1 rings (SSSR count). The Morgan fingerprint density at radius 3 is 2.35 bits per heavy atom. The number of carbonyl (C=O) groups excluding carboxylic acids is 1. The average Bonchev–Trinajstić information content (AvgIpc) is 2.36. The summed E-state index contributed by atoms with van der Waals surface area (Å²) in [5.74, 6) is 2.93. The van der Waals surface area contributed by atoms with Gasteiger partial charge in [-0.3, -0.25) is 4.79 Å². The molecule has 92 valence electrons. The zero-order chi connectivity index (χ0) is 12.9. The summed E-state index contributed by atoms with van der Waals surface area (Å²) in [5.41, 5.74) is 4.84. The summed E-state index contributed by atoms with van der Waals surface area (Å²) >= 11 is 0. The second-order valence-corrected chi connectivity index (χ2v) is 3.64. The van der Waals surface area contributed by atoms with Crippen LogP contribution < -0.4 is 11.6 Å². The van der Waals surface area contributed by atoms with E-state index in [9.17, 15) is 9.59 Å². The molecule has 0 aliphatic heterocycles. The Morgan fingerprint density at radius 2 is 1.88 bits per heavy atom. The molecule has 0 fully saturated rings. The van der Waals surface area contributed by atoms with Crippen molar-refractivity contribution in [2.45, 2.75) is 18.4 Å².